The molecule has 0 aliphatic rings. The molecule has 0 radical (unpaired) electrons. The fraction of sp³-hybridized carbons (Fsp3) is 0.444. The summed E-state index contributed by atoms with van der Waals surface area (Å²) in [7, 11) is 0. The standard InChI is InChI=1S/C17H17ClF6N2.CO2/c1-3-13-14(18)15(26(4-2)25-13)11-6-5-10(7-8-16(19,20)21)9-12(11)17(22,23)24;2-1-3/h5-6,9H,3-4,7-8H2,1-2H3;. The van der Waals surface area contributed by atoms with Crippen molar-refractivity contribution >= 4 is 17.8 Å². The average Bonchev–Trinajstić information content (AvgIpc) is 2.94. The van der Waals surface area contributed by atoms with Gasteiger partial charge >= 0.3 is 18.5 Å². The van der Waals surface area contributed by atoms with Crippen LogP contribution < -0.4 is 0 Å². The highest BCUT2D eigenvalue weighted by atomic mass is 35.5. The molecule has 2 aromatic rings. The van der Waals surface area contributed by atoms with Crippen molar-refractivity contribution in [1.29, 1.82) is 0 Å². The van der Waals surface area contributed by atoms with E-state index in [1.165, 1.54) is 16.8 Å². The second kappa shape index (κ2) is 9.93. The second-order valence-corrected chi connectivity index (χ2v) is 6.23. The number of halogens is 7. The third kappa shape index (κ3) is 6.61. The molecule has 4 nitrogen and oxygen atoms in total. The molecule has 0 amide bonds. The molecule has 0 atom stereocenters. The summed E-state index contributed by atoms with van der Waals surface area (Å²) in [5, 5.41) is 4.33. The van der Waals surface area contributed by atoms with Crippen LogP contribution in [0.4, 0.5) is 26.3 Å². The van der Waals surface area contributed by atoms with Crippen LogP contribution in [-0.4, -0.2) is 22.1 Å². The molecule has 0 aliphatic heterocycles. The van der Waals surface area contributed by atoms with E-state index in [1.807, 2.05) is 0 Å². The SMILES string of the molecule is CCc1nn(CC)c(-c2ccc(CCC(F)(F)F)cc2C(F)(F)F)c1Cl.O=C=O. The van der Waals surface area contributed by atoms with Gasteiger partial charge in [-0.3, -0.25) is 4.68 Å². The smallest absolute Gasteiger partial charge is 0.263 e. The highest BCUT2D eigenvalue weighted by molar-refractivity contribution is 6.33. The molecule has 0 N–H and O–H groups in total. The van der Waals surface area contributed by atoms with Gasteiger partial charge in [0.25, 0.3) is 0 Å². The van der Waals surface area contributed by atoms with E-state index < -0.39 is 30.8 Å². The summed E-state index contributed by atoms with van der Waals surface area (Å²) in [4.78, 5) is 16.2. The van der Waals surface area contributed by atoms with Crippen molar-refractivity contribution in [2.24, 2.45) is 0 Å². The predicted octanol–water partition coefficient (Wildman–Crippen LogP) is 5.72. The van der Waals surface area contributed by atoms with Crippen LogP contribution in [-0.2, 0) is 35.2 Å². The van der Waals surface area contributed by atoms with Crippen LogP contribution in [0, 0.1) is 0 Å². The van der Waals surface area contributed by atoms with Gasteiger partial charge in [-0.2, -0.15) is 41.0 Å². The molecule has 0 saturated carbocycles. The average molecular weight is 443 g/mol. The van der Waals surface area contributed by atoms with E-state index in [0.29, 0.717) is 18.7 Å². The lowest BCUT2D eigenvalue weighted by atomic mass is 9.98. The van der Waals surface area contributed by atoms with Crippen molar-refractivity contribution in [3.8, 4) is 11.3 Å². The highest BCUT2D eigenvalue weighted by Crippen LogP contribution is 2.41. The van der Waals surface area contributed by atoms with Crippen molar-refractivity contribution < 1.29 is 35.9 Å². The molecule has 29 heavy (non-hydrogen) atoms. The summed E-state index contributed by atoms with van der Waals surface area (Å²) in [5.74, 6) is 0. The van der Waals surface area contributed by atoms with E-state index >= 15 is 0 Å². The highest BCUT2D eigenvalue weighted by Gasteiger charge is 2.36. The summed E-state index contributed by atoms with van der Waals surface area (Å²) in [5.41, 5.74) is -0.644. The maximum atomic E-state index is 13.5. The molecule has 1 aromatic heterocycles. The van der Waals surface area contributed by atoms with E-state index in [1.54, 1.807) is 13.8 Å². The Kier molecular flexibility index (Phi) is 8.47. The Morgan fingerprint density at radius 3 is 2.14 bits per heavy atom. The van der Waals surface area contributed by atoms with Gasteiger partial charge in [0.15, 0.2) is 0 Å². The molecular formula is C18H17ClF6N2O2. The minimum Gasteiger partial charge on any atom is -0.263 e. The number of rotatable bonds is 5. The third-order valence-electron chi connectivity index (χ3n) is 3.94. The maximum Gasteiger partial charge on any atom is 0.417 e. The van der Waals surface area contributed by atoms with Crippen LogP contribution in [0.1, 0.15) is 37.1 Å². The zero-order valence-electron chi connectivity index (χ0n) is 15.4. The van der Waals surface area contributed by atoms with Crippen LogP contribution in [0.15, 0.2) is 18.2 Å². The fourth-order valence-corrected chi connectivity index (χ4v) is 3.05. The normalized spacial score (nSPS) is 11.6. The molecule has 0 aliphatic carbocycles. The molecule has 160 valence electrons. The molecular weight excluding hydrogens is 426 g/mol. The lowest BCUT2D eigenvalue weighted by molar-refractivity contribution is -0.191. The first kappa shape index (κ1) is 24.7. The molecule has 0 fully saturated rings. The first-order chi connectivity index (χ1) is 13.4. The Morgan fingerprint density at radius 2 is 1.69 bits per heavy atom. The zero-order valence-corrected chi connectivity index (χ0v) is 16.2. The summed E-state index contributed by atoms with van der Waals surface area (Å²) in [6, 6.07) is 3.20. The number of nitrogens with zero attached hydrogens (tertiary/aromatic N) is 2. The predicted molar refractivity (Wildman–Crippen MR) is 92.1 cm³/mol. The number of benzene rings is 1. The van der Waals surface area contributed by atoms with E-state index in [-0.39, 0.29) is 28.0 Å². The molecule has 0 unspecified atom stereocenters. The molecule has 1 aromatic carbocycles. The van der Waals surface area contributed by atoms with Gasteiger partial charge in [0.05, 0.1) is 22.0 Å². The topological polar surface area (TPSA) is 52.0 Å². The lowest BCUT2D eigenvalue weighted by Crippen LogP contribution is -2.12. The molecule has 0 spiro atoms. The van der Waals surface area contributed by atoms with Gasteiger partial charge in [-0.25, -0.2) is 0 Å². The van der Waals surface area contributed by atoms with E-state index in [0.717, 1.165) is 6.07 Å². The number of aryl methyl sites for hydroxylation is 3. The number of carbonyl (C=O) groups excluding carboxylic acids is 2. The third-order valence-corrected chi connectivity index (χ3v) is 4.33. The van der Waals surface area contributed by atoms with E-state index in [9.17, 15) is 26.3 Å². The molecule has 1 heterocycles. The Balaban J connectivity index is 0.00000132. The Hall–Kier alpha value is -2.32. The molecule has 0 bridgehead atoms. The first-order valence-corrected chi connectivity index (χ1v) is 8.79. The van der Waals surface area contributed by atoms with Crippen LogP contribution in [0.5, 0.6) is 0 Å². The van der Waals surface area contributed by atoms with Gasteiger partial charge in [0.2, 0.25) is 0 Å². The van der Waals surface area contributed by atoms with Gasteiger partial charge in [-0.1, -0.05) is 30.7 Å². The quantitative estimate of drug-likeness (QED) is 0.557. The number of hydrogen-bond donors (Lipinski definition) is 0. The van der Waals surface area contributed by atoms with Crippen LogP contribution >= 0.6 is 11.6 Å². The summed E-state index contributed by atoms with van der Waals surface area (Å²) < 4.78 is 79.1. The van der Waals surface area contributed by atoms with Crippen LogP contribution in [0.25, 0.3) is 11.3 Å². The molecule has 2 rings (SSSR count). The van der Waals surface area contributed by atoms with Crippen LogP contribution in [0.3, 0.4) is 0 Å². The van der Waals surface area contributed by atoms with Gasteiger partial charge in [-0.05, 0) is 31.4 Å². The van der Waals surface area contributed by atoms with E-state index in [4.69, 9.17) is 21.2 Å². The fourth-order valence-electron chi connectivity index (χ4n) is 2.68. The van der Waals surface area contributed by atoms with E-state index in [2.05, 4.69) is 5.10 Å². The van der Waals surface area contributed by atoms with Gasteiger partial charge in [0.1, 0.15) is 0 Å². The van der Waals surface area contributed by atoms with Crippen molar-refractivity contribution in [3.63, 3.8) is 0 Å². The minimum absolute atomic E-state index is 0.0344. The van der Waals surface area contributed by atoms with Gasteiger partial charge in [-0.15, -0.1) is 0 Å². The summed E-state index contributed by atoms with van der Waals surface area (Å²) in [6.45, 7) is 3.81. The second-order valence-electron chi connectivity index (χ2n) is 5.85. The Labute approximate surface area is 167 Å². The number of alkyl halides is 6. The largest absolute Gasteiger partial charge is 0.417 e. The van der Waals surface area contributed by atoms with Crippen molar-refractivity contribution in [1.82, 2.24) is 9.78 Å². The number of hydrogen-bond acceptors (Lipinski definition) is 3. The van der Waals surface area contributed by atoms with Crippen LogP contribution in [0.2, 0.25) is 5.02 Å². The minimum atomic E-state index is -4.73. The Bertz CT molecular complexity index is 868. The van der Waals surface area contributed by atoms with Crippen molar-refractivity contribution in [2.45, 2.75) is 52.0 Å². The first-order valence-electron chi connectivity index (χ1n) is 8.41. The van der Waals surface area contributed by atoms with Gasteiger partial charge < -0.3 is 0 Å². The van der Waals surface area contributed by atoms with Gasteiger partial charge in [0, 0.05) is 18.5 Å². The Morgan fingerprint density at radius 1 is 1.10 bits per heavy atom. The molecule has 11 heteroatoms. The molecule has 0 saturated heterocycles. The van der Waals surface area contributed by atoms with Crippen molar-refractivity contribution in [3.05, 3.63) is 40.0 Å². The lowest BCUT2D eigenvalue weighted by Gasteiger charge is -2.16. The summed E-state index contributed by atoms with van der Waals surface area (Å²) in [6.07, 6.45) is -10.2. The number of aromatic nitrogens is 2. The van der Waals surface area contributed by atoms with Crippen molar-refractivity contribution in [2.75, 3.05) is 0 Å². The zero-order chi connectivity index (χ0) is 22.4. The monoisotopic (exact) mass is 442 g/mol. The summed E-state index contributed by atoms with van der Waals surface area (Å²) >= 11 is 6.23. The maximum absolute atomic E-state index is 13.5.